The summed E-state index contributed by atoms with van der Waals surface area (Å²) < 4.78 is 0. The Kier molecular flexibility index (Phi) is 6.56. The van der Waals surface area contributed by atoms with Crippen LogP contribution in [0, 0.1) is 12.8 Å². The second-order valence-electron chi connectivity index (χ2n) is 8.38. The molecular formula is C22H32N6O. The van der Waals surface area contributed by atoms with Crippen LogP contribution >= 0.6 is 0 Å². The van der Waals surface area contributed by atoms with Crippen molar-refractivity contribution in [3.63, 3.8) is 0 Å². The smallest absolute Gasteiger partial charge is 0.224 e. The number of carbonyl (C=O) groups excluding carboxylic acids is 1. The van der Waals surface area contributed by atoms with E-state index in [2.05, 4.69) is 60.6 Å². The minimum atomic E-state index is 0.0751. The standard InChI is InChI=1S/C22H32N6O/c1-17-24-21(26-25-17)14-23-22(29)19-8-5-11-28(16-19)20-9-12-27(13-10-20)15-18-6-3-2-4-7-18/h2-4,6-7,19-20H,5,8-16H2,1H3,(H,23,29)(H,24,25,26)/t19-/m0/s1. The molecule has 2 aromatic rings. The molecule has 2 N–H and O–H groups in total. The van der Waals surface area contributed by atoms with Gasteiger partial charge in [-0.05, 0) is 57.8 Å². The first-order valence-electron chi connectivity index (χ1n) is 10.8. The summed E-state index contributed by atoms with van der Waals surface area (Å²) in [5.41, 5.74) is 1.39. The van der Waals surface area contributed by atoms with Gasteiger partial charge in [0.1, 0.15) is 5.82 Å². The molecule has 2 aliphatic rings. The van der Waals surface area contributed by atoms with Gasteiger partial charge in [0.15, 0.2) is 5.82 Å². The van der Waals surface area contributed by atoms with Crippen LogP contribution in [0.1, 0.15) is 42.9 Å². The molecule has 0 spiro atoms. The molecule has 1 atom stereocenters. The number of hydrogen-bond donors (Lipinski definition) is 2. The van der Waals surface area contributed by atoms with Crippen LogP contribution in [0.3, 0.4) is 0 Å². The Labute approximate surface area is 172 Å². The molecule has 0 saturated carbocycles. The highest BCUT2D eigenvalue weighted by Gasteiger charge is 2.31. The Bertz CT molecular complexity index is 784. The summed E-state index contributed by atoms with van der Waals surface area (Å²) in [6.07, 6.45) is 4.46. The van der Waals surface area contributed by atoms with Gasteiger partial charge in [0.25, 0.3) is 0 Å². The fourth-order valence-electron chi connectivity index (χ4n) is 4.61. The number of piperidine rings is 2. The van der Waals surface area contributed by atoms with Crippen molar-refractivity contribution in [2.75, 3.05) is 26.2 Å². The number of aromatic amines is 1. The number of nitrogens with zero attached hydrogens (tertiary/aromatic N) is 4. The quantitative estimate of drug-likeness (QED) is 0.782. The monoisotopic (exact) mass is 396 g/mol. The number of hydrogen-bond acceptors (Lipinski definition) is 5. The lowest BCUT2D eigenvalue weighted by atomic mass is 9.93. The van der Waals surface area contributed by atoms with Crippen LogP contribution in [0.4, 0.5) is 0 Å². The average Bonchev–Trinajstić information content (AvgIpc) is 3.18. The van der Waals surface area contributed by atoms with Crippen molar-refractivity contribution in [2.45, 2.75) is 51.7 Å². The number of aryl methyl sites for hydroxylation is 1. The predicted octanol–water partition coefficient (Wildman–Crippen LogP) is 2.11. The lowest BCUT2D eigenvalue weighted by molar-refractivity contribution is -0.127. The van der Waals surface area contributed by atoms with Gasteiger partial charge < -0.3 is 5.32 Å². The summed E-state index contributed by atoms with van der Waals surface area (Å²) in [4.78, 5) is 22.0. The second-order valence-corrected chi connectivity index (χ2v) is 8.38. The summed E-state index contributed by atoms with van der Waals surface area (Å²) in [6, 6.07) is 11.3. The normalized spacial score (nSPS) is 21.9. The van der Waals surface area contributed by atoms with Crippen molar-refractivity contribution in [3.05, 3.63) is 47.5 Å². The molecule has 29 heavy (non-hydrogen) atoms. The number of nitrogens with one attached hydrogen (secondary N) is 2. The lowest BCUT2D eigenvalue weighted by Gasteiger charge is -2.42. The first kappa shape index (κ1) is 20.0. The summed E-state index contributed by atoms with van der Waals surface area (Å²) in [7, 11) is 0. The van der Waals surface area contributed by atoms with Crippen LogP contribution in [-0.4, -0.2) is 63.1 Å². The third kappa shape index (κ3) is 5.42. The third-order valence-corrected chi connectivity index (χ3v) is 6.21. The fraction of sp³-hybridized carbons (Fsp3) is 0.591. The number of benzene rings is 1. The van der Waals surface area contributed by atoms with Gasteiger partial charge in [-0.3, -0.25) is 19.7 Å². The SMILES string of the molecule is Cc1nc(CNC(=O)[C@H]2CCCN(C3CCN(Cc4ccccc4)CC3)C2)n[nH]1. The van der Waals surface area contributed by atoms with Gasteiger partial charge in [0.05, 0.1) is 12.5 Å². The number of H-pyrrole nitrogens is 1. The van der Waals surface area contributed by atoms with Crippen molar-refractivity contribution in [2.24, 2.45) is 5.92 Å². The molecule has 7 nitrogen and oxygen atoms in total. The first-order valence-corrected chi connectivity index (χ1v) is 10.8. The maximum absolute atomic E-state index is 12.7. The van der Waals surface area contributed by atoms with E-state index in [-0.39, 0.29) is 11.8 Å². The molecule has 0 unspecified atom stereocenters. The molecular weight excluding hydrogens is 364 g/mol. The van der Waals surface area contributed by atoms with Crippen LogP contribution in [0.25, 0.3) is 0 Å². The number of amides is 1. The molecule has 1 aromatic heterocycles. The summed E-state index contributed by atoms with van der Waals surface area (Å²) in [5.74, 6) is 1.64. The summed E-state index contributed by atoms with van der Waals surface area (Å²) in [5, 5.41) is 9.93. The Morgan fingerprint density at radius 3 is 2.69 bits per heavy atom. The van der Waals surface area contributed by atoms with Crippen molar-refractivity contribution < 1.29 is 4.79 Å². The zero-order valence-electron chi connectivity index (χ0n) is 17.3. The van der Waals surface area contributed by atoms with E-state index < -0.39 is 0 Å². The van der Waals surface area contributed by atoms with Crippen LogP contribution in [0.2, 0.25) is 0 Å². The van der Waals surface area contributed by atoms with Crippen molar-refractivity contribution in [3.8, 4) is 0 Å². The molecule has 7 heteroatoms. The molecule has 0 aliphatic carbocycles. The van der Waals surface area contributed by atoms with Gasteiger partial charge in [-0.25, -0.2) is 4.98 Å². The van der Waals surface area contributed by atoms with Gasteiger partial charge in [0, 0.05) is 19.1 Å². The largest absolute Gasteiger partial charge is 0.348 e. The third-order valence-electron chi connectivity index (χ3n) is 6.21. The van der Waals surface area contributed by atoms with Gasteiger partial charge in [0.2, 0.25) is 5.91 Å². The zero-order valence-corrected chi connectivity index (χ0v) is 17.3. The molecule has 2 aliphatic heterocycles. The van der Waals surface area contributed by atoms with Crippen LogP contribution < -0.4 is 5.32 Å². The molecule has 2 saturated heterocycles. The van der Waals surface area contributed by atoms with E-state index in [4.69, 9.17) is 0 Å². The second kappa shape index (κ2) is 9.50. The van der Waals surface area contributed by atoms with E-state index in [9.17, 15) is 4.79 Å². The average molecular weight is 397 g/mol. The summed E-state index contributed by atoms with van der Waals surface area (Å²) in [6.45, 7) is 7.57. The van der Waals surface area contributed by atoms with Crippen LogP contribution in [0.5, 0.6) is 0 Å². The number of carbonyl (C=O) groups is 1. The maximum atomic E-state index is 12.7. The molecule has 1 amide bonds. The minimum Gasteiger partial charge on any atom is -0.348 e. The molecule has 0 radical (unpaired) electrons. The lowest BCUT2D eigenvalue weighted by Crippen LogP contribution is -2.50. The van der Waals surface area contributed by atoms with E-state index >= 15 is 0 Å². The van der Waals surface area contributed by atoms with Gasteiger partial charge in [-0.1, -0.05) is 30.3 Å². The number of aromatic nitrogens is 3. The topological polar surface area (TPSA) is 77.2 Å². The Hall–Kier alpha value is -2.25. The van der Waals surface area contributed by atoms with Crippen molar-refractivity contribution in [1.82, 2.24) is 30.3 Å². The highest BCUT2D eigenvalue weighted by molar-refractivity contribution is 5.78. The fourth-order valence-corrected chi connectivity index (χ4v) is 4.61. The maximum Gasteiger partial charge on any atom is 0.224 e. The Balaban J connectivity index is 1.23. The molecule has 156 valence electrons. The molecule has 1 aromatic carbocycles. The van der Waals surface area contributed by atoms with E-state index in [0.29, 0.717) is 18.4 Å². The predicted molar refractivity (Wildman–Crippen MR) is 112 cm³/mol. The van der Waals surface area contributed by atoms with Crippen LogP contribution in [-0.2, 0) is 17.9 Å². The molecule has 3 heterocycles. The van der Waals surface area contributed by atoms with Crippen molar-refractivity contribution >= 4 is 5.91 Å². The minimum absolute atomic E-state index is 0.0751. The highest BCUT2D eigenvalue weighted by Crippen LogP contribution is 2.24. The van der Waals surface area contributed by atoms with E-state index in [1.807, 2.05) is 6.92 Å². The van der Waals surface area contributed by atoms with Gasteiger partial charge >= 0.3 is 0 Å². The molecule has 0 bridgehead atoms. The van der Waals surface area contributed by atoms with E-state index in [1.165, 1.54) is 18.4 Å². The Morgan fingerprint density at radius 1 is 1.17 bits per heavy atom. The van der Waals surface area contributed by atoms with Crippen molar-refractivity contribution in [1.29, 1.82) is 0 Å². The number of rotatable bonds is 6. The van der Waals surface area contributed by atoms with Crippen LogP contribution in [0.15, 0.2) is 30.3 Å². The molecule has 4 rings (SSSR count). The summed E-state index contributed by atoms with van der Waals surface area (Å²) >= 11 is 0. The van der Waals surface area contributed by atoms with Gasteiger partial charge in [-0.2, -0.15) is 5.10 Å². The molecule has 2 fully saturated rings. The first-order chi connectivity index (χ1) is 14.2. The zero-order chi connectivity index (χ0) is 20.1. The number of likely N-dealkylation sites (tertiary alicyclic amines) is 2. The highest BCUT2D eigenvalue weighted by atomic mass is 16.1. The Morgan fingerprint density at radius 2 is 1.97 bits per heavy atom. The van der Waals surface area contributed by atoms with Gasteiger partial charge in [-0.15, -0.1) is 0 Å². The van der Waals surface area contributed by atoms with E-state index in [1.54, 1.807) is 0 Å². The van der Waals surface area contributed by atoms with E-state index in [0.717, 1.165) is 51.4 Å².